The van der Waals surface area contributed by atoms with Crippen LogP contribution in [0.1, 0.15) is 51.9 Å². The molecule has 1 aromatic carbocycles. The van der Waals surface area contributed by atoms with Crippen LogP contribution in [0.5, 0.6) is 5.75 Å². The van der Waals surface area contributed by atoms with E-state index in [1.54, 1.807) is 21.7 Å². The lowest BCUT2D eigenvalue weighted by atomic mass is 10.1. The van der Waals surface area contributed by atoms with Crippen molar-refractivity contribution in [1.82, 2.24) is 19.7 Å². The molecule has 1 fully saturated rings. The molecule has 2 aliphatic rings. The number of aromatic hydroxyl groups is 1. The number of carbonyl (C=O) groups is 1. The molecule has 2 aliphatic heterocycles. The smallest absolute Gasteiger partial charge is 0.274 e. The van der Waals surface area contributed by atoms with E-state index in [1.165, 1.54) is 23.5 Å². The Morgan fingerprint density at radius 1 is 1.26 bits per heavy atom. The van der Waals surface area contributed by atoms with Gasteiger partial charge in [-0.25, -0.2) is 4.39 Å². The number of hydrogen-bond acceptors (Lipinski definition) is 6. The quantitative estimate of drug-likeness (QED) is 0.675. The number of halogens is 1. The Kier molecular flexibility index (Phi) is 4.85. The third kappa shape index (κ3) is 3.42. The normalized spacial score (nSPS) is 18.1. The first kappa shape index (κ1) is 19.9. The van der Waals surface area contributed by atoms with Gasteiger partial charge in [-0.3, -0.25) is 9.59 Å². The van der Waals surface area contributed by atoms with Crippen molar-refractivity contribution in [3.8, 4) is 16.3 Å². The van der Waals surface area contributed by atoms with Gasteiger partial charge in [-0.1, -0.05) is 17.4 Å². The molecular weight excluding hydrogens is 419 g/mol. The molecule has 31 heavy (non-hydrogen) atoms. The average molecular weight is 441 g/mol. The molecule has 2 bridgehead atoms. The number of aromatic nitrogens is 3. The van der Waals surface area contributed by atoms with E-state index in [-0.39, 0.29) is 29.0 Å². The van der Waals surface area contributed by atoms with Crippen LogP contribution in [0.3, 0.4) is 0 Å². The van der Waals surface area contributed by atoms with Gasteiger partial charge in [-0.15, -0.1) is 10.2 Å². The summed E-state index contributed by atoms with van der Waals surface area (Å²) in [4.78, 5) is 27.5. The van der Waals surface area contributed by atoms with Gasteiger partial charge < -0.3 is 14.6 Å². The Morgan fingerprint density at radius 3 is 2.90 bits per heavy atom. The van der Waals surface area contributed by atoms with Crippen LogP contribution in [0.25, 0.3) is 10.6 Å². The van der Waals surface area contributed by atoms with Crippen molar-refractivity contribution in [3.05, 3.63) is 62.3 Å². The first-order valence-electron chi connectivity index (χ1n) is 10.3. The van der Waals surface area contributed by atoms with Crippen LogP contribution in [0.15, 0.2) is 29.2 Å². The van der Waals surface area contributed by atoms with E-state index in [9.17, 15) is 19.1 Å². The number of rotatable bonds is 3. The van der Waals surface area contributed by atoms with E-state index in [0.717, 1.165) is 30.4 Å². The van der Waals surface area contributed by atoms with Crippen LogP contribution in [0.4, 0.5) is 4.39 Å². The minimum Gasteiger partial charge on any atom is -0.503 e. The predicted octanol–water partition coefficient (Wildman–Crippen LogP) is 3.29. The fraction of sp³-hybridized carbons (Fsp3) is 0.364. The van der Waals surface area contributed by atoms with Crippen LogP contribution in [-0.2, 0) is 6.42 Å². The van der Waals surface area contributed by atoms with Crippen LogP contribution >= 0.6 is 11.3 Å². The van der Waals surface area contributed by atoms with Crippen LogP contribution in [0, 0.1) is 12.7 Å². The maximum Gasteiger partial charge on any atom is 0.274 e. The topological polar surface area (TPSA) is 88.3 Å². The van der Waals surface area contributed by atoms with Gasteiger partial charge in [0.1, 0.15) is 10.8 Å². The Balaban J connectivity index is 1.53. The predicted molar refractivity (Wildman–Crippen MR) is 114 cm³/mol. The van der Waals surface area contributed by atoms with Crippen molar-refractivity contribution >= 4 is 17.2 Å². The summed E-state index contributed by atoms with van der Waals surface area (Å²) in [5.41, 5.74) is 1.45. The maximum absolute atomic E-state index is 13.4. The molecule has 1 N–H and O–H groups in total. The summed E-state index contributed by atoms with van der Waals surface area (Å²) in [6, 6.07) is 4.62. The van der Waals surface area contributed by atoms with Gasteiger partial charge in [0.2, 0.25) is 5.43 Å². The highest BCUT2D eigenvalue weighted by molar-refractivity contribution is 7.14. The second kappa shape index (κ2) is 7.56. The van der Waals surface area contributed by atoms with Gasteiger partial charge in [0.15, 0.2) is 16.5 Å². The zero-order valence-electron chi connectivity index (χ0n) is 17.0. The summed E-state index contributed by atoms with van der Waals surface area (Å²) in [7, 11) is 0. The van der Waals surface area contributed by atoms with E-state index in [1.807, 2.05) is 6.92 Å². The first-order chi connectivity index (χ1) is 14.9. The summed E-state index contributed by atoms with van der Waals surface area (Å²) < 4.78 is 15.1. The van der Waals surface area contributed by atoms with Crippen molar-refractivity contribution in [1.29, 1.82) is 0 Å². The standard InChI is InChI=1S/C22H21FN4O3S/c1-12-8-14(23)6-5-13(12)9-17-24-25-21(31-17)16-11-27-15-4-2-3-7-26(10-15)22(30)18(27)20(29)19(16)28/h5-6,8,11,15,29H,2-4,7,9-10H2,1H3. The number of fused-ring (bicyclic) bond motifs is 4. The van der Waals surface area contributed by atoms with Crippen LogP contribution in [-0.4, -0.2) is 43.8 Å². The van der Waals surface area contributed by atoms with Crippen molar-refractivity contribution in [3.63, 3.8) is 0 Å². The largest absolute Gasteiger partial charge is 0.503 e. The minimum atomic E-state index is -0.611. The monoisotopic (exact) mass is 440 g/mol. The highest BCUT2D eigenvalue weighted by atomic mass is 32.1. The lowest BCUT2D eigenvalue weighted by molar-refractivity contribution is 0.0679. The number of aryl methyl sites for hydroxylation is 1. The first-order valence-corrected chi connectivity index (χ1v) is 11.1. The average Bonchev–Trinajstić information content (AvgIpc) is 3.08. The zero-order chi connectivity index (χ0) is 21.7. The van der Waals surface area contributed by atoms with Gasteiger partial charge >= 0.3 is 0 Å². The highest BCUT2D eigenvalue weighted by Gasteiger charge is 2.36. The van der Waals surface area contributed by atoms with E-state index in [4.69, 9.17) is 0 Å². The lowest BCUT2D eigenvalue weighted by Gasteiger charge is -2.34. The number of amides is 1. The number of hydrogen-bond donors (Lipinski definition) is 1. The molecule has 4 heterocycles. The highest BCUT2D eigenvalue weighted by Crippen LogP contribution is 2.34. The van der Waals surface area contributed by atoms with Gasteiger partial charge in [0.05, 0.1) is 11.6 Å². The van der Waals surface area contributed by atoms with E-state index in [2.05, 4.69) is 10.2 Å². The fourth-order valence-corrected chi connectivity index (χ4v) is 5.28. The number of carbonyl (C=O) groups excluding carboxylic acids is 1. The number of pyridine rings is 1. The van der Waals surface area contributed by atoms with E-state index >= 15 is 0 Å². The van der Waals surface area contributed by atoms with Crippen molar-refractivity contribution in [2.45, 2.75) is 38.6 Å². The molecule has 5 rings (SSSR count). The van der Waals surface area contributed by atoms with Gasteiger partial charge in [-0.2, -0.15) is 0 Å². The summed E-state index contributed by atoms with van der Waals surface area (Å²) in [5.74, 6) is -1.11. The lowest BCUT2D eigenvalue weighted by Crippen LogP contribution is -2.43. The van der Waals surface area contributed by atoms with Crippen molar-refractivity contribution in [2.75, 3.05) is 13.1 Å². The van der Waals surface area contributed by atoms with Crippen molar-refractivity contribution < 1.29 is 14.3 Å². The van der Waals surface area contributed by atoms with E-state index < -0.39 is 11.2 Å². The molecule has 1 atom stereocenters. The fourth-order valence-electron chi connectivity index (χ4n) is 4.41. The molecule has 0 spiro atoms. The third-order valence-electron chi connectivity index (χ3n) is 6.08. The molecule has 1 amide bonds. The SMILES string of the molecule is Cc1cc(F)ccc1Cc1nnc(-c2cn3c(c(O)c2=O)C(=O)N2CCCCC3C2)s1. The Labute approximate surface area is 181 Å². The Hall–Kier alpha value is -3.07. The number of benzene rings is 1. The molecule has 1 saturated heterocycles. The minimum absolute atomic E-state index is 0.0229. The molecule has 2 aromatic heterocycles. The molecule has 9 heteroatoms. The molecule has 160 valence electrons. The van der Waals surface area contributed by atoms with Crippen LogP contribution < -0.4 is 5.43 Å². The summed E-state index contributed by atoms with van der Waals surface area (Å²) >= 11 is 1.26. The third-order valence-corrected chi connectivity index (χ3v) is 7.04. The molecular formula is C22H21FN4O3S. The van der Waals surface area contributed by atoms with Crippen molar-refractivity contribution in [2.24, 2.45) is 0 Å². The molecule has 0 aliphatic carbocycles. The van der Waals surface area contributed by atoms with E-state index in [0.29, 0.717) is 29.5 Å². The molecule has 0 radical (unpaired) electrons. The number of nitrogens with zero attached hydrogens (tertiary/aromatic N) is 4. The van der Waals surface area contributed by atoms with Crippen LogP contribution in [0.2, 0.25) is 0 Å². The maximum atomic E-state index is 13.4. The Morgan fingerprint density at radius 2 is 2.10 bits per heavy atom. The summed E-state index contributed by atoms with van der Waals surface area (Å²) in [6.07, 6.45) is 4.89. The van der Waals surface area contributed by atoms with Gasteiger partial charge in [0, 0.05) is 25.7 Å². The van der Waals surface area contributed by atoms with Gasteiger partial charge in [-0.05, 0) is 49.4 Å². The molecule has 0 saturated carbocycles. The summed E-state index contributed by atoms with van der Waals surface area (Å²) in [6.45, 7) is 3.06. The second-order valence-electron chi connectivity index (χ2n) is 8.13. The molecule has 1 unspecified atom stereocenters. The van der Waals surface area contributed by atoms with Gasteiger partial charge in [0.25, 0.3) is 5.91 Å². The molecule has 7 nitrogen and oxygen atoms in total. The Bertz CT molecular complexity index is 1250. The molecule has 3 aromatic rings. The summed E-state index contributed by atoms with van der Waals surface area (Å²) in [5, 5.41) is 20.1. The second-order valence-corrected chi connectivity index (χ2v) is 9.19. The zero-order valence-corrected chi connectivity index (χ0v) is 17.8.